The molecule has 2 aliphatic rings. The van der Waals surface area contributed by atoms with E-state index in [9.17, 15) is 9.59 Å². The lowest BCUT2D eigenvalue weighted by Gasteiger charge is -2.22. The molecule has 4 heterocycles. The molecule has 5 rings (SSSR count). The second-order valence-corrected chi connectivity index (χ2v) is 9.08. The van der Waals surface area contributed by atoms with Gasteiger partial charge in [0, 0.05) is 0 Å². The first-order valence-corrected chi connectivity index (χ1v) is 10.2. The second kappa shape index (κ2) is 6.56. The average Bonchev–Trinajstić information content (AvgIpc) is 3.47. The van der Waals surface area contributed by atoms with E-state index in [4.69, 9.17) is 13.9 Å². The third kappa shape index (κ3) is 2.97. The van der Waals surface area contributed by atoms with Gasteiger partial charge in [-0.25, -0.2) is 4.79 Å². The number of hydrogen-bond acceptors (Lipinski definition) is 8. The van der Waals surface area contributed by atoms with E-state index in [-0.39, 0.29) is 19.2 Å². The summed E-state index contributed by atoms with van der Waals surface area (Å²) in [6.07, 6.45) is 0. The van der Waals surface area contributed by atoms with Crippen LogP contribution < -0.4 is 14.8 Å². The Morgan fingerprint density at radius 1 is 1.21 bits per heavy atom. The minimum atomic E-state index is -1.24. The van der Waals surface area contributed by atoms with Crippen molar-refractivity contribution in [1.29, 1.82) is 0 Å². The van der Waals surface area contributed by atoms with Crippen molar-refractivity contribution in [3.8, 4) is 22.3 Å². The van der Waals surface area contributed by atoms with Gasteiger partial charge in [-0.3, -0.25) is 9.69 Å². The van der Waals surface area contributed by atoms with E-state index in [0.29, 0.717) is 23.0 Å². The van der Waals surface area contributed by atoms with Crippen LogP contribution in [0.2, 0.25) is 0 Å². The summed E-state index contributed by atoms with van der Waals surface area (Å²) in [5.41, 5.74) is -0.642. The van der Waals surface area contributed by atoms with Gasteiger partial charge in [-0.15, -0.1) is 21.5 Å². The minimum absolute atomic E-state index is 0.121. The highest BCUT2D eigenvalue weighted by Gasteiger charge is 2.49. The molecule has 2 aromatic heterocycles. The van der Waals surface area contributed by atoms with E-state index in [1.165, 1.54) is 11.3 Å². The van der Waals surface area contributed by atoms with Crippen molar-refractivity contribution in [3.05, 3.63) is 45.6 Å². The van der Waals surface area contributed by atoms with Gasteiger partial charge in [0.1, 0.15) is 12.1 Å². The maximum Gasteiger partial charge on any atom is 0.325 e. The molecule has 3 aromatic rings. The van der Waals surface area contributed by atoms with Gasteiger partial charge in [0.25, 0.3) is 11.8 Å². The van der Waals surface area contributed by atoms with Crippen molar-refractivity contribution in [2.45, 2.75) is 19.0 Å². The summed E-state index contributed by atoms with van der Waals surface area (Å²) in [7, 11) is 0. The van der Waals surface area contributed by atoms with Gasteiger partial charge >= 0.3 is 6.03 Å². The first kappa shape index (κ1) is 18.1. The van der Waals surface area contributed by atoms with Crippen LogP contribution in [0.5, 0.6) is 11.5 Å². The van der Waals surface area contributed by atoms with Gasteiger partial charge in [0.2, 0.25) is 12.7 Å². The molecule has 0 saturated carbocycles. The Bertz CT molecular complexity index is 1140. The van der Waals surface area contributed by atoms with E-state index < -0.39 is 17.5 Å². The number of ether oxygens (including phenoxy) is 2. The number of nitrogens with one attached hydrogen (secondary N) is 1. The Balaban J connectivity index is 1.39. The molecule has 11 heteroatoms. The number of carbonyl (C=O) groups excluding carboxylic acids is 2. The summed E-state index contributed by atoms with van der Waals surface area (Å²) in [5, 5.41) is 10.7. The molecule has 1 aromatic carbocycles. The summed E-state index contributed by atoms with van der Waals surface area (Å²) >= 11 is 4.83. The van der Waals surface area contributed by atoms with Gasteiger partial charge in [-0.05, 0) is 52.7 Å². The van der Waals surface area contributed by atoms with Crippen molar-refractivity contribution in [2.75, 3.05) is 6.79 Å². The van der Waals surface area contributed by atoms with Crippen LogP contribution in [0.1, 0.15) is 18.4 Å². The first-order valence-electron chi connectivity index (χ1n) is 8.56. The van der Waals surface area contributed by atoms with E-state index in [0.717, 1.165) is 13.6 Å². The molecule has 2 aliphatic heterocycles. The molecule has 1 atom stereocenters. The molecule has 1 fully saturated rings. The zero-order valence-corrected chi connectivity index (χ0v) is 17.4. The zero-order chi connectivity index (χ0) is 20.2. The van der Waals surface area contributed by atoms with Crippen LogP contribution in [-0.4, -0.2) is 33.8 Å². The molecule has 0 unspecified atom stereocenters. The number of rotatable bonds is 4. The third-order valence-electron chi connectivity index (χ3n) is 4.77. The van der Waals surface area contributed by atoms with Gasteiger partial charge in [-0.2, -0.15) is 0 Å². The fourth-order valence-electron chi connectivity index (χ4n) is 3.23. The minimum Gasteiger partial charge on any atom is -0.454 e. The van der Waals surface area contributed by atoms with Crippen molar-refractivity contribution in [3.63, 3.8) is 0 Å². The number of halogens is 1. The fraction of sp³-hybridized carbons (Fsp3) is 0.222. The number of amides is 3. The van der Waals surface area contributed by atoms with Crippen LogP contribution in [-0.2, 0) is 16.9 Å². The van der Waals surface area contributed by atoms with Crippen molar-refractivity contribution >= 4 is 39.2 Å². The number of imide groups is 1. The SMILES string of the molecule is C[C@@]1(c2ccc3c(c2)OCO3)NC(=O)N(Cc2nnc(-c3ccc(Br)s3)o2)C1=O. The molecule has 0 radical (unpaired) electrons. The number of nitrogens with zero attached hydrogens (tertiary/aromatic N) is 3. The first-order chi connectivity index (χ1) is 13.9. The zero-order valence-electron chi connectivity index (χ0n) is 15.0. The molecular weight excluding hydrogens is 464 g/mol. The Morgan fingerprint density at radius 2 is 2.03 bits per heavy atom. The van der Waals surface area contributed by atoms with E-state index in [2.05, 4.69) is 31.4 Å². The average molecular weight is 477 g/mol. The standard InChI is InChI=1S/C18H13BrN4O5S/c1-18(9-2-3-10-11(6-9)27-8-26-10)16(24)23(17(25)20-18)7-14-21-22-15(28-14)12-4-5-13(19)29-12/h2-6H,7-8H2,1H3,(H,20,25)/t18-/m0/s1. The lowest BCUT2D eigenvalue weighted by Crippen LogP contribution is -2.40. The summed E-state index contributed by atoms with van der Waals surface area (Å²) in [5.74, 6) is 1.22. The third-order valence-corrected chi connectivity index (χ3v) is 6.38. The number of aromatic nitrogens is 2. The Kier molecular flexibility index (Phi) is 4.10. The Hall–Kier alpha value is -2.92. The predicted molar refractivity (Wildman–Crippen MR) is 104 cm³/mol. The molecule has 3 amide bonds. The van der Waals surface area contributed by atoms with Crippen molar-refractivity contribution < 1.29 is 23.5 Å². The van der Waals surface area contributed by atoms with Gasteiger partial charge in [0.15, 0.2) is 11.5 Å². The second-order valence-electron chi connectivity index (χ2n) is 6.62. The van der Waals surface area contributed by atoms with E-state index >= 15 is 0 Å². The van der Waals surface area contributed by atoms with Crippen molar-refractivity contribution in [2.24, 2.45) is 0 Å². The topological polar surface area (TPSA) is 107 Å². The number of urea groups is 1. The quantitative estimate of drug-likeness (QED) is 0.575. The lowest BCUT2D eigenvalue weighted by molar-refractivity contribution is -0.131. The number of hydrogen-bond donors (Lipinski definition) is 1. The summed E-state index contributed by atoms with van der Waals surface area (Å²) in [6.45, 7) is 1.65. The van der Waals surface area contributed by atoms with Crippen LogP contribution in [0, 0.1) is 0 Å². The number of fused-ring (bicyclic) bond motifs is 1. The molecule has 148 valence electrons. The summed E-state index contributed by atoms with van der Waals surface area (Å²) in [6, 6.07) is 8.33. The molecule has 9 nitrogen and oxygen atoms in total. The smallest absolute Gasteiger partial charge is 0.325 e. The van der Waals surface area contributed by atoms with Crippen LogP contribution in [0.15, 0.2) is 38.5 Å². The van der Waals surface area contributed by atoms with Gasteiger partial charge in [-0.1, -0.05) is 6.07 Å². The highest BCUT2D eigenvalue weighted by Crippen LogP contribution is 2.38. The lowest BCUT2D eigenvalue weighted by atomic mass is 9.91. The Morgan fingerprint density at radius 3 is 2.83 bits per heavy atom. The summed E-state index contributed by atoms with van der Waals surface area (Å²) in [4.78, 5) is 27.5. The molecule has 29 heavy (non-hydrogen) atoms. The molecule has 0 spiro atoms. The Labute approximate surface area is 176 Å². The van der Waals surface area contributed by atoms with Crippen LogP contribution in [0.4, 0.5) is 4.79 Å². The van der Waals surface area contributed by atoms with Crippen LogP contribution in [0.25, 0.3) is 10.8 Å². The van der Waals surface area contributed by atoms with Crippen LogP contribution in [0.3, 0.4) is 0 Å². The molecule has 0 bridgehead atoms. The van der Waals surface area contributed by atoms with E-state index in [1.54, 1.807) is 25.1 Å². The van der Waals surface area contributed by atoms with E-state index in [1.807, 2.05) is 12.1 Å². The van der Waals surface area contributed by atoms with Gasteiger partial charge in [0.05, 0.1) is 8.66 Å². The monoisotopic (exact) mass is 476 g/mol. The number of carbonyl (C=O) groups is 2. The van der Waals surface area contributed by atoms with Gasteiger partial charge < -0.3 is 19.2 Å². The fourth-order valence-corrected chi connectivity index (χ4v) is 4.53. The predicted octanol–water partition coefficient (Wildman–Crippen LogP) is 3.26. The maximum absolute atomic E-state index is 13.1. The highest BCUT2D eigenvalue weighted by atomic mass is 79.9. The number of thiophene rings is 1. The number of benzene rings is 1. The molecule has 0 aliphatic carbocycles. The van der Waals surface area contributed by atoms with Crippen LogP contribution >= 0.6 is 27.3 Å². The van der Waals surface area contributed by atoms with Crippen molar-refractivity contribution in [1.82, 2.24) is 20.4 Å². The normalized spacial score (nSPS) is 20.4. The molecule has 1 saturated heterocycles. The highest BCUT2D eigenvalue weighted by molar-refractivity contribution is 9.11. The maximum atomic E-state index is 13.1. The molecule has 1 N–H and O–H groups in total. The summed E-state index contributed by atoms with van der Waals surface area (Å²) < 4.78 is 17.2. The molecular formula is C18H13BrN4O5S. The largest absolute Gasteiger partial charge is 0.454 e.